The molecule has 0 fully saturated rings. The normalized spacial score (nSPS) is 10.2. The third-order valence-electron chi connectivity index (χ3n) is 2.50. The van der Waals surface area contributed by atoms with E-state index in [0.29, 0.717) is 16.1 Å². The van der Waals surface area contributed by atoms with Crippen molar-refractivity contribution in [3.8, 4) is 5.75 Å². The van der Waals surface area contributed by atoms with Gasteiger partial charge >= 0.3 is 6.61 Å². The summed E-state index contributed by atoms with van der Waals surface area (Å²) < 4.78 is 28.3. The number of hydrogen-bond donors (Lipinski definition) is 2. The number of halogens is 2. The fourth-order valence-corrected chi connectivity index (χ4v) is 2.13. The van der Waals surface area contributed by atoms with Crippen molar-refractivity contribution < 1.29 is 18.3 Å². The SMILES string of the molecule is C=C(NNC(=O)c1cccs1)c1ccc(OC(F)F)cc1. The minimum Gasteiger partial charge on any atom is -0.435 e. The van der Waals surface area contributed by atoms with Crippen molar-refractivity contribution in [3.05, 3.63) is 58.8 Å². The number of rotatable bonds is 6. The molecule has 0 bridgehead atoms. The third kappa shape index (κ3) is 4.28. The van der Waals surface area contributed by atoms with E-state index in [1.54, 1.807) is 29.6 Å². The Balaban J connectivity index is 1.90. The van der Waals surface area contributed by atoms with Crippen LogP contribution in [0.2, 0.25) is 0 Å². The first-order chi connectivity index (χ1) is 10.1. The molecule has 0 saturated carbocycles. The number of thiophene rings is 1. The lowest BCUT2D eigenvalue weighted by Gasteiger charge is -2.11. The number of hydrazine groups is 1. The Kier molecular flexibility index (Phi) is 4.89. The Hall–Kier alpha value is -2.41. The molecule has 1 amide bonds. The van der Waals surface area contributed by atoms with E-state index in [1.165, 1.54) is 23.5 Å². The maximum Gasteiger partial charge on any atom is 0.387 e. The number of benzene rings is 1. The Bertz CT molecular complexity index is 612. The third-order valence-corrected chi connectivity index (χ3v) is 3.37. The largest absolute Gasteiger partial charge is 0.435 e. The van der Waals surface area contributed by atoms with Gasteiger partial charge in [-0.05, 0) is 41.3 Å². The molecule has 1 aromatic carbocycles. The highest BCUT2D eigenvalue weighted by molar-refractivity contribution is 7.12. The van der Waals surface area contributed by atoms with Crippen molar-refractivity contribution in [3.63, 3.8) is 0 Å². The zero-order chi connectivity index (χ0) is 15.2. The fraction of sp³-hybridized carbons (Fsp3) is 0.0714. The van der Waals surface area contributed by atoms with E-state index in [1.807, 2.05) is 0 Å². The van der Waals surface area contributed by atoms with Gasteiger partial charge < -0.3 is 4.74 Å². The van der Waals surface area contributed by atoms with E-state index in [2.05, 4.69) is 22.2 Å². The van der Waals surface area contributed by atoms with Gasteiger partial charge in [-0.15, -0.1) is 11.3 Å². The second-order valence-corrected chi connectivity index (χ2v) is 4.89. The molecule has 110 valence electrons. The van der Waals surface area contributed by atoms with Crippen LogP contribution in [0.4, 0.5) is 8.78 Å². The highest BCUT2D eigenvalue weighted by Crippen LogP contribution is 2.17. The van der Waals surface area contributed by atoms with E-state index in [9.17, 15) is 13.6 Å². The van der Waals surface area contributed by atoms with E-state index < -0.39 is 6.61 Å². The summed E-state index contributed by atoms with van der Waals surface area (Å²) in [5, 5.41) is 1.80. The van der Waals surface area contributed by atoms with Crippen molar-refractivity contribution in [2.75, 3.05) is 0 Å². The van der Waals surface area contributed by atoms with E-state index >= 15 is 0 Å². The molecule has 21 heavy (non-hydrogen) atoms. The lowest BCUT2D eigenvalue weighted by molar-refractivity contribution is -0.0498. The number of carbonyl (C=O) groups is 1. The molecular weight excluding hydrogens is 298 g/mol. The molecule has 2 rings (SSSR count). The van der Waals surface area contributed by atoms with Gasteiger partial charge in [0.1, 0.15) is 5.75 Å². The van der Waals surface area contributed by atoms with Crippen LogP contribution < -0.4 is 15.6 Å². The molecule has 0 atom stereocenters. The van der Waals surface area contributed by atoms with Crippen LogP contribution in [0.5, 0.6) is 5.75 Å². The van der Waals surface area contributed by atoms with Gasteiger partial charge in [0.2, 0.25) is 0 Å². The predicted molar refractivity (Wildman–Crippen MR) is 77.0 cm³/mol. The molecule has 1 aromatic heterocycles. The second kappa shape index (κ2) is 6.85. The first kappa shape index (κ1) is 15.0. The van der Waals surface area contributed by atoms with E-state index in [4.69, 9.17) is 0 Å². The zero-order valence-electron chi connectivity index (χ0n) is 10.8. The van der Waals surface area contributed by atoms with Crippen LogP contribution in [-0.4, -0.2) is 12.5 Å². The molecule has 4 nitrogen and oxygen atoms in total. The highest BCUT2D eigenvalue weighted by Gasteiger charge is 2.07. The van der Waals surface area contributed by atoms with E-state index in [0.717, 1.165) is 0 Å². The summed E-state index contributed by atoms with van der Waals surface area (Å²) in [6.07, 6.45) is 0. The number of carbonyl (C=O) groups excluding carboxylic acids is 1. The average molecular weight is 310 g/mol. The number of amides is 1. The van der Waals surface area contributed by atoms with Crippen LogP contribution >= 0.6 is 11.3 Å². The molecule has 2 aromatic rings. The van der Waals surface area contributed by atoms with Crippen LogP contribution in [0, 0.1) is 0 Å². The lowest BCUT2D eigenvalue weighted by Crippen LogP contribution is -2.35. The van der Waals surface area contributed by atoms with Crippen molar-refractivity contribution in [2.24, 2.45) is 0 Å². The number of ether oxygens (including phenoxy) is 1. The van der Waals surface area contributed by atoms with Gasteiger partial charge in [-0.3, -0.25) is 15.6 Å². The van der Waals surface area contributed by atoms with Gasteiger partial charge in [0.15, 0.2) is 0 Å². The van der Waals surface area contributed by atoms with E-state index in [-0.39, 0.29) is 11.7 Å². The minimum atomic E-state index is -2.86. The second-order valence-electron chi connectivity index (χ2n) is 3.94. The van der Waals surface area contributed by atoms with Crippen LogP contribution in [0.25, 0.3) is 5.70 Å². The zero-order valence-corrected chi connectivity index (χ0v) is 11.6. The molecule has 0 aliphatic rings. The molecule has 0 spiro atoms. The topological polar surface area (TPSA) is 50.4 Å². The monoisotopic (exact) mass is 310 g/mol. The summed E-state index contributed by atoms with van der Waals surface area (Å²) in [5.41, 5.74) is 6.25. The average Bonchev–Trinajstić information content (AvgIpc) is 2.99. The van der Waals surface area contributed by atoms with Crippen LogP contribution in [-0.2, 0) is 0 Å². The van der Waals surface area contributed by atoms with Gasteiger partial charge in [-0.2, -0.15) is 8.78 Å². The van der Waals surface area contributed by atoms with Crippen LogP contribution in [0.3, 0.4) is 0 Å². The Morgan fingerprint density at radius 2 is 1.90 bits per heavy atom. The molecule has 0 radical (unpaired) electrons. The van der Waals surface area contributed by atoms with Crippen LogP contribution in [0.15, 0.2) is 48.4 Å². The quantitative estimate of drug-likeness (QED) is 0.805. The summed E-state index contributed by atoms with van der Waals surface area (Å²) >= 11 is 1.32. The number of hydrogen-bond acceptors (Lipinski definition) is 4. The van der Waals surface area contributed by atoms with Crippen molar-refractivity contribution in [2.45, 2.75) is 6.61 Å². The molecule has 7 heteroatoms. The summed E-state index contributed by atoms with van der Waals surface area (Å²) in [5.74, 6) is -0.215. The van der Waals surface area contributed by atoms with Crippen LogP contribution in [0.1, 0.15) is 15.2 Å². The Morgan fingerprint density at radius 1 is 1.19 bits per heavy atom. The summed E-state index contributed by atoms with van der Waals surface area (Å²) in [6.45, 7) is 0.898. The van der Waals surface area contributed by atoms with Gasteiger partial charge in [-0.25, -0.2) is 0 Å². The van der Waals surface area contributed by atoms with Gasteiger partial charge in [0, 0.05) is 0 Å². The minimum absolute atomic E-state index is 0.0594. The number of alkyl halides is 2. The molecule has 0 aliphatic carbocycles. The molecule has 1 heterocycles. The molecular formula is C14H12F2N2O2S. The van der Waals surface area contributed by atoms with Crippen molar-refractivity contribution >= 4 is 22.9 Å². The first-order valence-electron chi connectivity index (χ1n) is 5.90. The first-order valence-corrected chi connectivity index (χ1v) is 6.78. The maximum atomic E-state index is 12.0. The summed E-state index contributed by atoms with van der Waals surface area (Å²) in [7, 11) is 0. The van der Waals surface area contributed by atoms with Crippen molar-refractivity contribution in [1.82, 2.24) is 10.9 Å². The fourth-order valence-electron chi connectivity index (χ4n) is 1.51. The molecule has 2 N–H and O–H groups in total. The van der Waals surface area contributed by atoms with Gasteiger partial charge in [0.25, 0.3) is 5.91 Å². The summed E-state index contributed by atoms with van der Waals surface area (Å²) in [6, 6.07) is 9.39. The molecule has 0 saturated heterocycles. The predicted octanol–water partition coefficient (Wildman–Crippen LogP) is 3.25. The molecule has 0 unspecified atom stereocenters. The number of nitrogens with one attached hydrogen (secondary N) is 2. The standard InChI is InChI=1S/C14H12F2N2O2S/c1-9(17-18-13(19)12-3-2-8-21-12)10-4-6-11(7-5-10)20-14(15)16/h2-8,14,17H,1H2,(H,18,19). The Labute approximate surface area is 124 Å². The van der Waals surface area contributed by atoms with Gasteiger partial charge in [0.05, 0.1) is 10.6 Å². The molecule has 0 aliphatic heterocycles. The van der Waals surface area contributed by atoms with Gasteiger partial charge in [-0.1, -0.05) is 12.6 Å². The van der Waals surface area contributed by atoms with Crippen molar-refractivity contribution in [1.29, 1.82) is 0 Å². The smallest absolute Gasteiger partial charge is 0.387 e. The highest BCUT2D eigenvalue weighted by atomic mass is 32.1. The Morgan fingerprint density at radius 3 is 2.48 bits per heavy atom. The lowest BCUT2D eigenvalue weighted by atomic mass is 10.2. The summed E-state index contributed by atoms with van der Waals surface area (Å²) in [4.78, 5) is 12.3. The maximum absolute atomic E-state index is 12.0.